The van der Waals surface area contributed by atoms with Crippen LogP contribution in [0, 0.1) is 5.82 Å². The number of carboxylic acid groups (broad SMARTS) is 1. The Morgan fingerprint density at radius 2 is 2.21 bits per heavy atom. The fourth-order valence-corrected chi connectivity index (χ4v) is 1.14. The lowest BCUT2D eigenvalue weighted by Gasteiger charge is -2.13. The van der Waals surface area contributed by atoms with Crippen LogP contribution in [0.1, 0.15) is 18.5 Å². The molecule has 76 valence electrons. The minimum absolute atomic E-state index is 0.132. The maximum atomic E-state index is 12.8. The number of nitrogens with one attached hydrogen (secondary N) is 1. The number of phenolic OH excluding ortho intramolecular Hbond substituents is 1. The lowest BCUT2D eigenvalue weighted by Crippen LogP contribution is -2.24. The lowest BCUT2D eigenvalue weighted by atomic mass is 10.1. The van der Waals surface area contributed by atoms with Crippen LogP contribution in [0.2, 0.25) is 0 Å². The summed E-state index contributed by atoms with van der Waals surface area (Å²) in [5.41, 5.74) is 0.215. The number of amides is 1. The van der Waals surface area contributed by atoms with Crippen molar-refractivity contribution in [1.29, 1.82) is 0 Å². The first-order chi connectivity index (χ1) is 6.50. The summed E-state index contributed by atoms with van der Waals surface area (Å²) >= 11 is 0. The fourth-order valence-electron chi connectivity index (χ4n) is 1.14. The fraction of sp³-hybridized carbons (Fsp3) is 0.222. The molecule has 0 bridgehead atoms. The summed E-state index contributed by atoms with van der Waals surface area (Å²) < 4.78 is 12.8. The smallest absolute Gasteiger partial charge is 0.405 e. The van der Waals surface area contributed by atoms with Crippen LogP contribution in [0.3, 0.4) is 0 Å². The zero-order valence-corrected chi connectivity index (χ0v) is 7.49. The van der Waals surface area contributed by atoms with E-state index < -0.39 is 18.0 Å². The topological polar surface area (TPSA) is 69.6 Å². The van der Waals surface area contributed by atoms with Crippen molar-refractivity contribution in [2.75, 3.05) is 0 Å². The molecule has 1 atom stereocenters. The summed E-state index contributed by atoms with van der Waals surface area (Å²) in [6.45, 7) is 1.52. The van der Waals surface area contributed by atoms with Gasteiger partial charge in [-0.1, -0.05) is 0 Å². The van der Waals surface area contributed by atoms with E-state index >= 15 is 0 Å². The standard InChI is InChI=1S/C9H10FNO3/c1-5(11-9(13)14)7-4-6(10)2-3-8(7)12/h2-5,11-12H,1H3,(H,13,14)/t5-/m1/s1. The second-order valence-electron chi connectivity index (χ2n) is 2.87. The molecule has 0 heterocycles. The van der Waals surface area contributed by atoms with Crippen LogP contribution >= 0.6 is 0 Å². The van der Waals surface area contributed by atoms with Gasteiger partial charge in [0.25, 0.3) is 0 Å². The van der Waals surface area contributed by atoms with E-state index in [9.17, 15) is 14.3 Å². The predicted molar refractivity (Wildman–Crippen MR) is 47.6 cm³/mol. The number of hydrogen-bond donors (Lipinski definition) is 3. The number of aromatic hydroxyl groups is 1. The molecule has 0 unspecified atom stereocenters. The second kappa shape index (κ2) is 3.95. The van der Waals surface area contributed by atoms with Crippen LogP contribution in [0.15, 0.2) is 18.2 Å². The molecule has 0 radical (unpaired) electrons. The SMILES string of the molecule is C[C@@H](NC(=O)O)c1cc(F)ccc1O. The van der Waals surface area contributed by atoms with Gasteiger partial charge in [0, 0.05) is 5.56 Å². The number of rotatable bonds is 2. The third-order valence-corrected chi connectivity index (χ3v) is 1.80. The highest BCUT2D eigenvalue weighted by atomic mass is 19.1. The highest BCUT2D eigenvalue weighted by Crippen LogP contribution is 2.24. The van der Waals surface area contributed by atoms with Gasteiger partial charge in [-0.25, -0.2) is 9.18 Å². The van der Waals surface area contributed by atoms with Crippen molar-refractivity contribution in [2.24, 2.45) is 0 Å². The Labute approximate surface area is 80.0 Å². The summed E-state index contributed by atoms with van der Waals surface area (Å²) in [4.78, 5) is 10.3. The Morgan fingerprint density at radius 1 is 1.57 bits per heavy atom. The molecule has 0 fully saturated rings. The summed E-state index contributed by atoms with van der Waals surface area (Å²) in [6, 6.07) is 2.73. The van der Waals surface area contributed by atoms with Gasteiger partial charge in [0.15, 0.2) is 0 Å². The molecular weight excluding hydrogens is 189 g/mol. The third kappa shape index (κ3) is 2.35. The number of phenols is 1. The van der Waals surface area contributed by atoms with Gasteiger partial charge in [0.2, 0.25) is 0 Å². The van der Waals surface area contributed by atoms with Crippen LogP contribution in [-0.2, 0) is 0 Å². The molecule has 0 aliphatic rings. The molecule has 3 N–H and O–H groups in total. The molecular formula is C9H10FNO3. The Morgan fingerprint density at radius 3 is 2.79 bits per heavy atom. The van der Waals surface area contributed by atoms with E-state index in [1.807, 2.05) is 0 Å². The molecule has 0 aliphatic heterocycles. The van der Waals surface area contributed by atoms with Crippen molar-refractivity contribution in [2.45, 2.75) is 13.0 Å². The van der Waals surface area contributed by atoms with Gasteiger partial charge >= 0.3 is 6.09 Å². The maximum absolute atomic E-state index is 12.8. The largest absolute Gasteiger partial charge is 0.508 e. The van der Waals surface area contributed by atoms with Gasteiger partial charge in [0.05, 0.1) is 6.04 Å². The minimum atomic E-state index is -1.22. The van der Waals surface area contributed by atoms with Gasteiger partial charge in [-0.3, -0.25) is 0 Å². The first kappa shape index (κ1) is 10.3. The van der Waals surface area contributed by atoms with E-state index in [4.69, 9.17) is 5.11 Å². The number of benzene rings is 1. The molecule has 0 aliphatic carbocycles. The van der Waals surface area contributed by atoms with Gasteiger partial charge < -0.3 is 15.5 Å². The quantitative estimate of drug-likeness (QED) is 0.680. The lowest BCUT2D eigenvalue weighted by molar-refractivity contribution is 0.190. The molecule has 1 rings (SSSR count). The monoisotopic (exact) mass is 199 g/mol. The number of halogens is 1. The Kier molecular flexibility index (Phi) is 2.91. The van der Waals surface area contributed by atoms with Crippen molar-refractivity contribution >= 4 is 6.09 Å². The van der Waals surface area contributed by atoms with Gasteiger partial charge in [-0.2, -0.15) is 0 Å². The molecule has 0 saturated heterocycles. The van der Waals surface area contributed by atoms with Crippen LogP contribution < -0.4 is 5.32 Å². The van der Waals surface area contributed by atoms with Crippen molar-refractivity contribution in [3.8, 4) is 5.75 Å². The van der Waals surface area contributed by atoms with E-state index in [0.717, 1.165) is 12.1 Å². The van der Waals surface area contributed by atoms with E-state index in [1.54, 1.807) is 0 Å². The highest BCUT2D eigenvalue weighted by molar-refractivity contribution is 5.65. The third-order valence-electron chi connectivity index (χ3n) is 1.80. The van der Waals surface area contributed by atoms with Gasteiger partial charge in [-0.05, 0) is 25.1 Å². The molecule has 1 aromatic carbocycles. The van der Waals surface area contributed by atoms with E-state index in [0.29, 0.717) is 0 Å². The minimum Gasteiger partial charge on any atom is -0.508 e. The van der Waals surface area contributed by atoms with Crippen molar-refractivity contribution < 1.29 is 19.4 Å². The first-order valence-corrected chi connectivity index (χ1v) is 3.98. The second-order valence-corrected chi connectivity index (χ2v) is 2.87. The van der Waals surface area contributed by atoms with Gasteiger partial charge in [-0.15, -0.1) is 0 Å². The molecule has 1 amide bonds. The summed E-state index contributed by atoms with van der Waals surface area (Å²) in [7, 11) is 0. The van der Waals surface area contributed by atoms with Crippen LogP contribution in [0.5, 0.6) is 5.75 Å². The summed E-state index contributed by atoms with van der Waals surface area (Å²) in [5.74, 6) is -0.649. The average Bonchev–Trinajstić information content (AvgIpc) is 2.08. The maximum Gasteiger partial charge on any atom is 0.405 e. The van der Waals surface area contributed by atoms with Gasteiger partial charge in [0.1, 0.15) is 11.6 Å². The molecule has 0 saturated carbocycles. The molecule has 0 spiro atoms. The highest BCUT2D eigenvalue weighted by Gasteiger charge is 2.12. The Hall–Kier alpha value is -1.78. The van der Waals surface area contributed by atoms with Crippen molar-refractivity contribution in [3.63, 3.8) is 0 Å². The van der Waals surface area contributed by atoms with Crippen molar-refractivity contribution in [1.82, 2.24) is 5.32 Å². The van der Waals surface area contributed by atoms with E-state index in [-0.39, 0.29) is 11.3 Å². The molecule has 5 heteroatoms. The molecule has 4 nitrogen and oxygen atoms in total. The molecule has 1 aromatic rings. The number of hydrogen-bond acceptors (Lipinski definition) is 2. The van der Waals surface area contributed by atoms with Crippen LogP contribution in [0.25, 0.3) is 0 Å². The zero-order chi connectivity index (χ0) is 10.7. The average molecular weight is 199 g/mol. The molecule has 0 aromatic heterocycles. The Bertz CT molecular complexity index is 354. The first-order valence-electron chi connectivity index (χ1n) is 3.98. The van der Waals surface area contributed by atoms with Crippen molar-refractivity contribution in [3.05, 3.63) is 29.6 Å². The summed E-state index contributed by atoms with van der Waals surface area (Å²) in [5, 5.41) is 19.9. The predicted octanol–water partition coefficient (Wildman–Crippen LogP) is 1.86. The normalized spacial score (nSPS) is 12.1. The number of carbonyl (C=O) groups is 1. The molecule has 14 heavy (non-hydrogen) atoms. The van der Waals surface area contributed by atoms with E-state index in [1.165, 1.54) is 13.0 Å². The Balaban J connectivity index is 2.93. The zero-order valence-electron chi connectivity index (χ0n) is 7.49. The van der Waals surface area contributed by atoms with E-state index in [2.05, 4.69) is 5.32 Å². The van der Waals surface area contributed by atoms with Crippen LogP contribution in [-0.4, -0.2) is 16.3 Å². The van der Waals surface area contributed by atoms with Crippen LogP contribution in [0.4, 0.5) is 9.18 Å². The summed E-state index contributed by atoms with van der Waals surface area (Å²) in [6.07, 6.45) is -1.22.